The first-order valence-electron chi connectivity index (χ1n) is 6.72. The van der Waals surface area contributed by atoms with Gasteiger partial charge in [-0.2, -0.15) is 11.8 Å². The van der Waals surface area contributed by atoms with E-state index in [1.165, 1.54) is 12.1 Å². The first-order valence-corrected chi connectivity index (χ1v) is 8.12. The molecule has 0 radical (unpaired) electrons. The van der Waals surface area contributed by atoms with Gasteiger partial charge in [0.15, 0.2) is 0 Å². The molecule has 0 unspecified atom stereocenters. The van der Waals surface area contributed by atoms with Gasteiger partial charge in [-0.3, -0.25) is 4.79 Å². The van der Waals surface area contributed by atoms with E-state index in [2.05, 4.69) is 5.32 Å². The third kappa shape index (κ3) is 4.38. The third-order valence-corrected chi connectivity index (χ3v) is 4.03. The molecule has 0 aliphatic heterocycles. The van der Waals surface area contributed by atoms with Crippen LogP contribution in [0, 0.1) is 12.7 Å². The van der Waals surface area contributed by atoms with Crippen molar-refractivity contribution in [1.29, 1.82) is 0 Å². The first kappa shape index (κ1) is 18.8. The fourth-order valence-corrected chi connectivity index (χ4v) is 2.58. The number of furan rings is 1. The molecular formula is C15H20ClFN2O2S. The van der Waals surface area contributed by atoms with E-state index < -0.39 is 6.04 Å². The summed E-state index contributed by atoms with van der Waals surface area (Å²) in [5.41, 5.74) is 7.25. The minimum atomic E-state index is -0.514. The average molecular weight is 347 g/mol. The molecule has 2 aromatic rings. The van der Waals surface area contributed by atoms with Crippen molar-refractivity contribution >= 4 is 41.0 Å². The zero-order chi connectivity index (χ0) is 15.4. The molecule has 7 heteroatoms. The zero-order valence-electron chi connectivity index (χ0n) is 12.5. The molecule has 0 bridgehead atoms. The Balaban J connectivity index is 0.00000242. The number of carbonyl (C=O) groups is 1. The second-order valence-corrected chi connectivity index (χ2v) is 5.88. The minimum absolute atomic E-state index is 0. The molecule has 1 amide bonds. The van der Waals surface area contributed by atoms with Gasteiger partial charge in [0.1, 0.15) is 17.2 Å². The van der Waals surface area contributed by atoms with Crippen LogP contribution in [0.5, 0.6) is 0 Å². The van der Waals surface area contributed by atoms with Gasteiger partial charge in [-0.15, -0.1) is 12.4 Å². The number of carbonyl (C=O) groups excluding carboxylic acids is 1. The number of thioether (sulfide) groups is 1. The number of hydrogen-bond donors (Lipinski definition) is 2. The van der Waals surface area contributed by atoms with E-state index in [0.29, 0.717) is 17.8 Å². The minimum Gasteiger partial charge on any atom is -0.459 e. The van der Waals surface area contributed by atoms with Crippen LogP contribution in [0.4, 0.5) is 4.39 Å². The lowest BCUT2D eigenvalue weighted by Crippen LogP contribution is -2.40. The van der Waals surface area contributed by atoms with Crippen molar-refractivity contribution in [3.8, 4) is 0 Å². The highest BCUT2D eigenvalue weighted by molar-refractivity contribution is 7.98. The number of nitrogens with two attached hydrogens (primary N) is 1. The second-order valence-electron chi connectivity index (χ2n) is 4.90. The van der Waals surface area contributed by atoms with Crippen molar-refractivity contribution in [1.82, 2.24) is 5.32 Å². The Labute approximate surface area is 139 Å². The summed E-state index contributed by atoms with van der Waals surface area (Å²) in [6, 6.07) is 3.86. The lowest BCUT2D eigenvalue weighted by molar-refractivity contribution is -0.122. The van der Waals surface area contributed by atoms with Gasteiger partial charge in [-0.05, 0) is 43.6 Å². The number of rotatable bonds is 6. The van der Waals surface area contributed by atoms with Gasteiger partial charge in [0.2, 0.25) is 5.91 Å². The van der Waals surface area contributed by atoms with Crippen LogP contribution in [0.15, 0.2) is 22.6 Å². The number of fused-ring (bicyclic) bond motifs is 1. The number of halogens is 2. The van der Waals surface area contributed by atoms with Crippen molar-refractivity contribution < 1.29 is 13.6 Å². The molecule has 1 atom stereocenters. The van der Waals surface area contributed by atoms with Crippen LogP contribution in [-0.2, 0) is 11.3 Å². The van der Waals surface area contributed by atoms with Crippen molar-refractivity contribution in [2.75, 3.05) is 12.0 Å². The van der Waals surface area contributed by atoms with Crippen molar-refractivity contribution in [3.05, 3.63) is 35.3 Å². The molecule has 0 saturated heterocycles. The lowest BCUT2D eigenvalue weighted by atomic mass is 10.1. The van der Waals surface area contributed by atoms with Crippen LogP contribution in [0.25, 0.3) is 11.0 Å². The molecule has 122 valence electrons. The van der Waals surface area contributed by atoms with Crippen molar-refractivity contribution in [2.45, 2.75) is 25.9 Å². The summed E-state index contributed by atoms with van der Waals surface area (Å²) in [6.45, 7) is 2.11. The summed E-state index contributed by atoms with van der Waals surface area (Å²) in [5.74, 6) is 0.967. The highest BCUT2D eigenvalue weighted by Crippen LogP contribution is 2.25. The number of nitrogens with one attached hydrogen (secondary N) is 1. The molecule has 1 aromatic carbocycles. The average Bonchev–Trinajstić information content (AvgIpc) is 2.78. The fourth-order valence-electron chi connectivity index (χ4n) is 2.09. The topological polar surface area (TPSA) is 68.3 Å². The summed E-state index contributed by atoms with van der Waals surface area (Å²) >= 11 is 1.65. The Kier molecular flexibility index (Phi) is 7.19. The second kappa shape index (κ2) is 8.41. The van der Waals surface area contributed by atoms with Gasteiger partial charge in [0, 0.05) is 10.9 Å². The molecule has 1 aromatic heterocycles. The quantitative estimate of drug-likeness (QED) is 0.843. The molecule has 0 aliphatic carbocycles. The number of amides is 1. The maximum atomic E-state index is 13.2. The van der Waals surface area contributed by atoms with E-state index >= 15 is 0 Å². The molecule has 3 N–H and O–H groups in total. The van der Waals surface area contributed by atoms with Crippen LogP contribution in [0.1, 0.15) is 17.7 Å². The van der Waals surface area contributed by atoms with E-state index in [1.54, 1.807) is 17.8 Å². The van der Waals surface area contributed by atoms with Crippen LogP contribution in [-0.4, -0.2) is 24.0 Å². The molecule has 4 nitrogen and oxygen atoms in total. The van der Waals surface area contributed by atoms with Gasteiger partial charge < -0.3 is 15.5 Å². The largest absolute Gasteiger partial charge is 0.459 e. The number of hydrogen-bond acceptors (Lipinski definition) is 4. The Morgan fingerprint density at radius 2 is 2.23 bits per heavy atom. The molecule has 0 fully saturated rings. The first-order chi connectivity index (χ1) is 10.0. The van der Waals surface area contributed by atoms with Gasteiger partial charge in [0.05, 0.1) is 12.6 Å². The highest BCUT2D eigenvalue weighted by Gasteiger charge is 2.15. The summed E-state index contributed by atoms with van der Waals surface area (Å²) in [5, 5.41) is 3.49. The third-order valence-electron chi connectivity index (χ3n) is 3.39. The van der Waals surface area contributed by atoms with Crippen LogP contribution in [0.3, 0.4) is 0 Å². The SMILES string of the molecule is CSCC[C@H](N)C(=O)NCc1oc2ccc(F)cc2c1C.Cl. The molecule has 0 aliphatic rings. The van der Waals surface area contributed by atoms with Crippen LogP contribution >= 0.6 is 24.2 Å². The van der Waals surface area contributed by atoms with Crippen LogP contribution < -0.4 is 11.1 Å². The maximum Gasteiger partial charge on any atom is 0.237 e. The summed E-state index contributed by atoms with van der Waals surface area (Å²) in [4.78, 5) is 11.9. The number of aryl methyl sites for hydroxylation is 1. The molecule has 0 saturated carbocycles. The monoisotopic (exact) mass is 346 g/mol. The predicted octanol–water partition coefficient (Wildman–Crippen LogP) is 3.00. The van der Waals surface area contributed by atoms with Crippen molar-refractivity contribution in [2.24, 2.45) is 5.73 Å². The van der Waals surface area contributed by atoms with Gasteiger partial charge >= 0.3 is 0 Å². The Hall–Kier alpha value is -1.24. The highest BCUT2D eigenvalue weighted by atomic mass is 35.5. The Morgan fingerprint density at radius 3 is 2.91 bits per heavy atom. The van der Waals surface area contributed by atoms with Crippen LogP contribution in [0.2, 0.25) is 0 Å². The van der Waals surface area contributed by atoms with Gasteiger partial charge in [-0.1, -0.05) is 0 Å². The van der Waals surface area contributed by atoms with Gasteiger partial charge in [-0.25, -0.2) is 4.39 Å². The van der Waals surface area contributed by atoms with Gasteiger partial charge in [0.25, 0.3) is 0 Å². The molecule has 2 rings (SSSR count). The maximum absolute atomic E-state index is 13.2. The normalized spacial score (nSPS) is 12.0. The molecular weight excluding hydrogens is 327 g/mol. The zero-order valence-corrected chi connectivity index (χ0v) is 14.2. The summed E-state index contributed by atoms with van der Waals surface area (Å²) in [7, 11) is 0. The fraction of sp³-hybridized carbons (Fsp3) is 0.400. The Morgan fingerprint density at radius 1 is 1.50 bits per heavy atom. The predicted molar refractivity (Wildman–Crippen MR) is 91.0 cm³/mol. The molecule has 1 heterocycles. The summed E-state index contributed by atoms with van der Waals surface area (Å²) in [6.07, 6.45) is 2.61. The Bertz CT molecular complexity index is 648. The van der Waals surface area contributed by atoms with E-state index in [-0.39, 0.29) is 30.7 Å². The molecule has 22 heavy (non-hydrogen) atoms. The lowest BCUT2D eigenvalue weighted by Gasteiger charge is -2.10. The van der Waals surface area contributed by atoms with E-state index in [0.717, 1.165) is 16.7 Å². The molecule has 0 spiro atoms. The van der Waals surface area contributed by atoms with Crippen molar-refractivity contribution in [3.63, 3.8) is 0 Å². The van der Waals surface area contributed by atoms with E-state index in [4.69, 9.17) is 10.2 Å². The standard InChI is InChI=1S/C15H19FN2O2S.ClH/c1-9-11-7-10(16)3-4-13(11)20-14(9)8-18-15(19)12(17)5-6-21-2;/h3-4,7,12H,5-6,8,17H2,1-2H3,(H,18,19);1H/t12-;/m0./s1. The summed E-state index contributed by atoms with van der Waals surface area (Å²) < 4.78 is 18.9. The smallest absolute Gasteiger partial charge is 0.237 e. The van der Waals surface area contributed by atoms with E-state index in [1.807, 2.05) is 13.2 Å². The van der Waals surface area contributed by atoms with E-state index in [9.17, 15) is 9.18 Å². The number of benzene rings is 1.